The second-order valence-electron chi connectivity index (χ2n) is 5.44. The third kappa shape index (κ3) is 2.47. The molecule has 0 aliphatic heterocycles. The summed E-state index contributed by atoms with van der Waals surface area (Å²) >= 11 is 0. The third-order valence-electron chi connectivity index (χ3n) is 4.15. The van der Waals surface area contributed by atoms with Crippen molar-refractivity contribution in [2.75, 3.05) is 5.32 Å². The van der Waals surface area contributed by atoms with Gasteiger partial charge in [0.05, 0.1) is 4.92 Å². The van der Waals surface area contributed by atoms with Crippen LogP contribution in [0.25, 0.3) is 0 Å². The Labute approximate surface area is 108 Å². The number of anilines is 1. The molecule has 0 saturated heterocycles. The Kier molecular flexibility index (Phi) is 3.55. The smallest absolute Gasteiger partial charge is 0.292 e. The number of nitro groups is 1. The van der Waals surface area contributed by atoms with E-state index in [-0.39, 0.29) is 10.6 Å². The number of aryl methyl sites for hydroxylation is 1. The Bertz CT molecular complexity index is 459. The van der Waals surface area contributed by atoms with Gasteiger partial charge >= 0.3 is 0 Å². The molecule has 0 bridgehead atoms. The van der Waals surface area contributed by atoms with Gasteiger partial charge in [-0.25, -0.2) is 0 Å². The average molecular weight is 248 g/mol. The molecule has 3 unspecified atom stereocenters. The maximum atomic E-state index is 11.0. The van der Waals surface area contributed by atoms with Gasteiger partial charge in [0.2, 0.25) is 0 Å². The predicted octanol–water partition coefficient (Wildman–Crippen LogP) is 3.75. The molecule has 3 atom stereocenters. The molecule has 1 N–H and O–H groups in total. The number of nitro benzene ring substituents is 1. The minimum atomic E-state index is -0.315. The fourth-order valence-corrected chi connectivity index (χ4v) is 2.69. The lowest BCUT2D eigenvalue weighted by molar-refractivity contribution is -0.384. The molecule has 4 heteroatoms. The molecule has 1 aliphatic rings. The van der Waals surface area contributed by atoms with Crippen molar-refractivity contribution < 1.29 is 4.92 Å². The Morgan fingerprint density at radius 2 is 2.06 bits per heavy atom. The first-order valence-electron chi connectivity index (χ1n) is 6.50. The molecule has 98 valence electrons. The van der Waals surface area contributed by atoms with Gasteiger partial charge in [-0.1, -0.05) is 19.9 Å². The Morgan fingerprint density at radius 1 is 1.33 bits per heavy atom. The molecule has 1 fully saturated rings. The third-order valence-corrected chi connectivity index (χ3v) is 4.15. The minimum absolute atomic E-state index is 0.173. The predicted molar refractivity (Wildman–Crippen MR) is 72.8 cm³/mol. The van der Waals surface area contributed by atoms with Crippen LogP contribution in [-0.4, -0.2) is 11.0 Å². The van der Waals surface area contributed by atoms with Crippen LogP contribution in [0.3, 0.4) is 0 Å². The summed E-state index contributed by atoms with van der Waals surface area (Å²) in [6.45, 7) is 6.42. The van der Waals surface area contributed by atoms with Crippen molar-refractivity contribution in [1.29, 1.82) is 0 Å². The number of rotatable bonds is 3. The van der Waals surface area contributed by atoms with Crippen molar-refractivity contribution in [1.82, 2.24) is 0 Å². The molecule has 4 nitrogen and oxygen atoms in total. The summed E-state index contributed by atoms with van der Waals surface area (Å²) in [5.74, 6) is 1.25. The van der Waals surface area contributed by atoms with Crippen molar-refractivity contribution in [3.8, 4) is 0 Å². The quantitative estimate of drug-likeness (QED) is 0.654. The highest BCUT2D eigenvalue weighted by Gasteiger charge is 2.30. The number of hydrogen-bond acceptors (Lipinski definition) is 3. The van der Waals surface area contributed by atoms with Crippen molar-refractivity contribution >= 4 is 11.4 Å². The molecule has 2 rings (SSSR count). The molecule has 18 heavy (non-hydrogen) atoms. The molecular formula is C14H20N2O2. The lowest BCUT2D eigenvalue weighted by atomic mass is 9.97. The first kappa shape index (κ1) is 12.9. The average Bonchev–Trinajstić information content (AvgIpc) is 2.61. The minimum Gasteiger partial charge on any atom is -0.376 e. The summed E-state index contributed by atoms with van der Waals surface area (Å²) in [6.07, 6.45) is 2.28. The fourth-order valence-electron chi connectivity index (χ4n) is 2.69. The zero-order valence-corrected chi connectivity index (χ0v) is 11.1. The molecule has 0 amide bonds. The van der Waals surface area contributed by atoms with Gasteiger partial charge in [0.1, 0.15) is 5.69 Å². The van der Waals surface area contributed by atoms with E-state index in [0.717, 1.165) is 12.0 Å². The van der Waals surface area contributed by atoms with Crippen molar-refractivity contribution in [2.45, 2.75) is 39.7 Å². The summed E-state index contributed by atoms with van der Waals surface area (Å²) in [7, 11) is 0. The highest BCUT2D eigenvalue weighted by Crippen LogP contribution is 2.35. The zero-order chi connectivity index (χ0) is 13.3. The van der Waals surface area contributed by atoms with E-state index in [2.05, 4.69) is 19.2 Å². The molecule has 0 heterocycles. The molecule has 0 spiro atoms. The summed E-state index contributed by atoms with van der Waals surface area (Å²) < 4.78 is 0. The first-order valence-corrected chi connectivity index (χ1v) is 6.50. The Hall–Kier alpha value is -1.58. The topological polar surface area (TPSA) is 55.2 Å². The molecule has 1 aromatic rings. The van der Waals surface area contributed by atoms with Crippen LogP contribution in [0.1, 0.15) is 32.3 Å². The summed E-state index contributed by atoms with van der Waals surface area (Å²) in [5.41, 5.74) is 1.88. The summed E-state index contributed by atoms with van der Waals surface area (Å²) in [5, 5.41) is 14.4. The van der Waals surface area contributed by atoms with E-state index in [9.17, 15) is 10.1 Å². The van der Waals surface area contributed by atoms with Crippen LogP contribution in [0, 0.1) is 28.9 Å². The van der Waals surface area contributed by atoms with Gasteiger partial charge in [-0.3, -0.25) is 10.1 Å². The van der Waals surface area contributed by atoms with Gasteiger partial charge in [0, 0.05) is 12.1 Å². The van der Waals surface area contributed by atoms with E-state index in [1.807, 2.05) is 13.0 Å². The fraction of sp³-hybridized carbons (Fsp3) is 0.571. The summed E-state index contributed by atoms with van der Waals surface area (Å²) in [4.78, 5) is 10.7. The number of nitrogens with one attached hydrogen (secondary N) is 1. The Morgan fingerprint density at radius 3 is 2.61 bits per heavy atom. The zero-order valence-electron chi connectivity index (χ0n) is 11.1. The lowest BCUT2D eigenvalue weighted by Gasteiger charge is -2.21. The van der Waals surface area contributed by atoms with Crippen LogP contribution < -0.4 is 5.32 Å². The van der Waals surface area contributed by atoms with Crippen LogP contribution in [0.5, 0.6) is 0 Å². The van der Waals surface area contributed by atoms with Crippen molar-refractivity contribution in [2.24, 2.45) is 11.8 Å². The Balaban J connectivity index is 2.23. The summed E-state index contributed by atoms with van der Waals surface area (Å²) in [6, 6.07) is 5.58. The monoisotopic (exact) mass is 248 g/mol. The second-order valence-corrected chi connectivity index (χ2v) is 5.44. The van der Waals surface area contributed by atoms with E-state index in [1.54, 1.807) is 12.1 Å². The van der Waals surface area contributed by atoms with Gasteiger partial charge in [0.25, 0.3) is 5.69 Å². The van der Waals surface area contributed by atoms with Crippen LogP contribution in [0.15, 0.2) is 18.2 Å². The number of hydrogen-bond donors (Lipinski definition) is 1. The maximum absolute atomic E-state index is 11.0. The van der Waals surface area contributed by atoms with Gasteiger partial charge in [-0.15, -0.1) is 0 Å². The molecule has 1 aromatic carbocycles. The molecule has 0 radical (unpaired) electrons. The first-order chi connectivity index (χ1) is 8.49. The maximum Gasteiger partial charge on any atom is 0.292 e. The highest BCUT2D eigenvalue weighted by atomic mass is 16.6. The largest absolute Gasteiger partial charge is 0.376 e. The van der Waals surface area contributed by atoms with Crippen molar-refractivity contribution in [3.05, 3.63) is 33.9 Å². The standard InChI is InChI=1S/C14H20N2O2/c1-9-4-7-14(16(17)18)13(8-9)15-12-6-5-10(2)11(12)3/h4,7-8,10-12,15H,5-6H2,1-3H3. The molecule has 0 aromatic heterocycles. The van der Waals surface area contributed by atoms with E-state index < -0.39 is 0 Å². The molecule has 1 saturated carbocycles. The van der Waals surface area contributed by atoms with Crippen LogP contribution >= 0.6 is 0 Å². The second kappa shape index (κ2) is 4.96. The lowest BCUT2D eigenvalue weighted by Crippen LogP contribution is -2.24. The SMILES string of the molecule is Cc1ccc([N+](=O)[O-])c(NC2CCC(C)C2C)c1. The number of nitrogens with zero attached hydrogens (tertiary/aromatic N) is 1. The number of benzene rings is 1. The molecule has 1 aliphatic carbocycles. The van der Waals surface area contributed by atoms with Crippen LogP contribution in [-0.2, 0) is 0 Å². The molecular weight excluding hydrogens is 228 g/mol. The van der Waals surface area contributed by atoms with Gasteiger partial charge in [-0.2, -0.15) is 0 Å². The van der Waals surface area contributed by atoms with Gasteiger partial charge in [0.15, 0.2) is 0 Å². The normalized spacial score (nSPS) is 27.2. The van der Waals surface area contributed by atoms with Crippen molar-refractivity contribution in [3.63, 3.8) is 0 Å². The van der Waals surface area contributed by atoms with Crippen LogP contribution in [0.4, 0.5) is 11.4 Å². The van der Waals surface area contributed by atoms with Crippen LogP contribution in [0.2, 0.25) is 0 Å². The van der Waals surface area contributed by atoms with Gasteiger partial charge < -0.3 is 5.32 Å². The van der Waals surface area contributed by atoms with Gasteiger partial charge in [-0.05, 0) is 43.2 Å². The van der Waals surface area contributed by atoms with E-state index in [0.29, 0.717) is 23.6 Å². The van der Waals surface area contributed by atoms with E-state index in [4.69, 9.17) is 0 Å². The highest BCUT2D eigenvalue weighted by molar-refractivity contribution is 5.63. The van der Waals surface area contributed by atoms with E-state index >= 15 is 0 Å². The van der Waals surface area contributed by atoms with E-state index in [1.165, 1.54) is 6.42 Å².